The van der Waals surface area contributed by atoms with Gasteiger partial charge in [-0.15, -0.1) is 0 Å². The SMILES string of the molecule is CC(=O)c1cc(CCC(=O)Nc2cnn(C)c2)oc1C. The number of hydrogen-bond donors (Lipinski definition) is 1. The molecule has 20 heavy (non-hydrogen) atoms. The second kappa shape index (κ2) is 5.73. The smallest absolute Gasteiger partial charge is 0.224 e. The molecule has 106 valence electrons. The first kappa shape index (κ1) is 14.0. The van der Waals surface area contributed by atoms with Crippen LogP contribution in [-0.2, 0) is 18.3 Å². The van der Waals surface area contributed by atoms with Crippen molar-refractivity contribution in [1.82, 2.24) is 9.78 Å². The van der Waals surface area contributed by atoms with Gasteiger partial charge in [-0.2, -0.15) is 5.10 Å². The van der Waals surface area contributed by atoms with Crippen molar-refractivity contribution in [2.75, 3.05) is 5.32 Å². The van der Waals surface area contributed by atoms with Crippen LogP contribution in [0.2, 0.25) is 0 Å². The molecule has 0 unspecified atom stereocenters. The number of nitrogens with one attached hydrogen (secondary N) is 1. The van der Waals surface area contributed by atoms with Crippen molar-refractivity contribution in [3.63, 3.8) is 0 Å². The van der Waals surface area contributed by atoms with E-state index in [1.807, 2.05) is 0 Å². The van der Waals surface area contributed by atoms with E-state index in [-0.39, 0.29) is 11.7 Å². The van der Waals surface area contributed by atoms with Gasteiger partial charge in [-0.3, -0.25) is 14.3 Å². The molecule has 2 rings (SSSR count). The number of aromatic nitrogens is 2. The van der Waals surface area contributed by atoms with Crippen LogP contribution in [-0.4, -0.2) is 21.5 Å². The molecule has 2 aromatic heterocycles. The number of furan rings is 1. The highest BCUT2D eigenvalue weighted by Gasteiger charge is 2.12. The summed E-state index contributed by atoms with van der Waals surface area (Å²) in [6.07, 6.45) is 4.06. The molecule has 0 aliphatic heterocycles. The van der Waals surface area contributed by atoms with Gasteiger partial charge in [-0.1, -0.05) is 0 Å². The lowest BCUT2D eigenvalue weighted by atomic mass is 10.1. The Morgan fingerprint density at radius 3 is 2.75 bits per heavy atom. The van der Waals surface area contributed by atoms with Gasteiger partial charge in [0, 0.05) is 26.1 Å². The predicted octanol–water partition coefficient (Wildman–Crippen LogP) is 2.10. The van der Waals surface area contributed by atoms with Crippen LogP contribution in [0.1, 0.15) is 35.2 Å². The van der Waals surface area contributed by atoms with Crippen molar-refractivity contribution in [2.24, 2.45) is 7.05 Å². The van der Waals surface area contributed by atoms with Crippen LogP contribution < -0.4 is 5.32 Å². The average Bonchev–Trinajstić information content (AvgIpc) is 2.93. The molecule has 6 heteroatoms. The fourth-order valence-corrected chi connectivity index (χ4v) is 1.96. The van der Waals surface area contributed by atoms with Crippen LogP contribution in [0.3, 0.4) is 0 Å². The van der Waals surface area contributed by atoms with Gasteiger partial charge in [0.15, 0.2) is 5.78 Å². The lowest BCUT2D eigenvalue weighted by molar-refractivity contribution is -0.116. The Kier molecular flexibility index (Phi) is 4.02. The Balaban J connectivity index is 1.90. The first-order valence-electron chi connectivity index (χ1n) is 6.34. The van der Waals surface area contributed by atoms with Crippen molar-refractivity contribution >= 4 is 17.4 Å². The Morgan fingerprint density at radius 1 is 1.45 bits per heavy atom. The first-order valence-corrected chi connectivity index (χ1v) is 6.34. The zero-order chi connectivity index (χ0) is 14.7. The highest BCUT2D eigenvalue weighted by Crippen LogP contribution is 2.17. The highest BCUT2D eigenvalue weighted by molar-refractivity contribution is 5.95. The third kappa shape index (κ3) is 3.34. The van der Waals surface area contributed by atoms with E-state index in [1.165, 1.54) is 6.92 Å². The minimum Gasteiger partial charge on any atom is -0.466 e. The summed E-state index contributed by atoms with van der Waals surface area (Å²) in [5, 5.41) is 6.71. The summed E-state index contributed by atoms with van der Waals surface area (Å²) in [6.45, 7) is 3.24. The molecule has 0 aliphatic carbocycles. The molecular weight excluding hydrogens is 258 g/mol. The van der Waals surface area contributed by atoms with E-state index in [0.717, 1.165) is 0 Å². The Morgan fingerprint density at radius 2 is 2.20 bits per heavy atom. The van der Waals surface area contributed by atoms with Gasteiger partial charge >= 0.3 is 0 Å². The zero-order valence-electron chi connectivity index (χ0n) is 11.8. The zero-order valence-corrected chi connectivity index (χ0v) is 11.8. The van der Waals surface area contributed by atoms with E-state index in [9.17, 15) is 9.59 Å². The molecule has 6 nitrogen and oxygen atoms in total. The topological polar surface area (TPSA) is 77.1 Å². The van der Waals surface area contributed by atoms with Gasteiger partial charge in [0.05, 0.1) is 17.4 Å². The van der Waals surface area contributed by atoms with Crippen LogP contribution in [0.4, 0.5) is 5.69 Å². The molecule has 0 saturated heterocycles. The second-order valence-corrected chi connectivity index (χ2v) is 4.69. The molecule has 0 spiro atoms. The molecule has 0 aromatic carbocycles. The predicted molar refractivity (Wildman–Crippen MR) is 73.6 cm³/mol. The molecule has 0 atom stereocenters. The number of ketones is 1. The maximum absolute atomic E-state index is 11.8. The Labute approximate surface area is 116 Å². The summed E-state index contributed by atoms with van der Waals surface area (Å²) in [4.78, 5) is 23.1. The van der Waals surface area contributed by atoms with Gasteiger partial charge in [0.2, 0.25) is 5.91 Å². The summed E-state index contributed by atoms with van der Waals surface area (Å²) in [7, 11) is 1.78. The summed E-state index contributed by atoms with van der Waals surface area (Å²) in [5.41, 5.74) is 1.24. The molecule has 2 heterocycles. The number of carbonyl (C=O) groups excluding carboxylic acids is 2. The van der Waals surface area contributed by atoms with Gasteiger partial charge in [0.25, 0.3) is 0 Å². The normalized spacial score (nSPS) is 10.6. The molecule has 0 saturated carbocycles. The number of Topliss-reactive ketones (excluding diaryl/α,β-unsaturated/α-hetero) is 1. The quantitative estimate of drug-likeness (QED) is 0.848. The number of nitrogens with zero attached hydrogens (tertiary/aromatic N) is 2. The van der Waals surface area contributed by atoms with E-state index in [1.54, 1.807) is 37.1 Å². The highest BCUT2D eigenvalue weighted by atomic mass is 16.3. The molecule has 0 radical (unpaired) electrons. The maximum Gasteiger partial charge on any atom is 0.224 e. The Bertz CT molecular complexity index is 640. The number of amides is 1. The molecule has 0 fully saturated rings. The van der Waals surface area contributed by atoms with Crippen molar-refractivity contribution < 1.29 is 14.0 Å². The van der Waals surface area contributed by atoms with Crippen molar-refractivity contribution in [1.29, 1.82) is 0 Å². The van der Waals surface area contributed by atoms with Crippen molar-refractivity contribution in [3.8, 4) is 0 Å². The van der Waals surface area contributed by atoms with Gasteiger partial charge in [0.1, 0.15) is 11.5 Å². The summed E-state index contributed by atoms with van der Waals surface area (Å²) >= 11 is 0. The standard InChI is InChI=1S/C14H17N3O3/c1-9(18)13-6-12(20-10(13)2)4-5-14(19)16-11-7-15-17(3)8-11/h6-8H,4-5H2,1-3H3,(H,16,19). The van der Waals surface area contributed by atoms with Crippen LogP contribution in [0, 0.1) is 6.92 Å². The Hall–Kier alpha value is -2.37. The minimum atomic E-state index is -0.114. The van der Waals surface area contributed by atoms with Crippen LogP contribution >= 0.6 is 0 Å². The van der Waals surface area contributed by atoms with Crippen molar-refractivity contribution in [3.05, 3.63) is 35.5 Å². The summed E-state index contributed by atoms with van der Waals surface area (Å²) in [5.74, 6) is 1.10. The molecule has 2 aromatic rings. The first-order chi connectivity index (χ1) is 9.45. The third-order valence-corrected chi connectivity index (χ3v) is 2.94. The summed E-state index contributed by atoms with van der Waals surface area (Å²) < 4.78 is 7.08. The van der Waals surface area contributed by atoms with Crippen LogP contribution in [0.15, 0.2) is 22.9 Å². The van der Waals surface area contributed by atoms with Crippen molar-refractivity contribution in [2.45, 2.75) is 26.7 Å². The number of carbonyl (C=O) groups is 2. The lowest BCUT2D eigenvalue weighted by Gasteiger charge is -2.00. The van der Waals surface area contributed by atoms with Gasteiger partial charge < -0.3 is 9.73 Å². The largest absolute Gasteiger partial charge is 0.466 e. The summed E-state index contributed by atoms with van der Waals surface area (Å²) in [6, 6.07) is 1.70. The second-order valence-electron chi connectivity index (χ2n) is 4.69. The lowest BCUT2D eigenvalue weighted by Crippen LogP contribution is -2.11. The molecular formula is C14H17N3O3. The van der Waals surface area contributed by atoms with Gasteiger partial charge in [-0.25, -0.2) is 0 Å². The average molecular weight is 275 g/mol. The molecule has 0 bridgehead atoms. The number of hydrogen-bond acceptors (Lipinski definition) is 4. The third-order valence-electron chi connectivity index (χ3n) is 2.94. The minimum absolute atomic E-state index is 0.0303. The van der Waals surface area contributed by atoms with E-state index in [0.29, 0.717) is 35.6 Å². The molecule has 0 aliphatic rings. The van der Waals surface area contributed by atoms with E-state index < -0.39 is 0 Å². The molecule has 1 amide bonds. The van der Waals surface area contributed by atoms with E-state index in [4.69, 9.17) is 4.42 Å². The maximum atomic E-state index is 11.8. The van der Waals surface area contributed by atoms with Crippen LogP contribution in [0.25, 0.3) is 0 Å². The number of aryl methyl sites for hydroxylation is 3. The van der Waals surface area contributed by atoms with E-state index >= 15 is 0 Å². The van der Waals surface area contributed by atoms with Gasteiger partial charge in [-0.05, 0) is 19.9 Å². The number of rotatable bonds is 5. The van der Waals surface area contributed by atoms with E-state index in [2.05, 4.69) is 10.4 Å². The van der Waals surface area contributed by atoms with Crippen LogP contribution in [0.5, 0.6) is 0 Å². The molecule has 1 N–H and O–H groups in total. The fraction of sp³-hybridized carbons (Fsp3) is 0.357. The fourth-order valence-electron chi connectivity index (χ4n) is 1.96. The monoisotopic (exact) mass is 275 g/mol. The number of anilines is 1.